The summed E-state index contributed by atoms with van der Waals surface area (Å²) in [7, 11) is 0. The van der Waals surface area contributed by atoms with Crippen molar-refractivity contribution in [3.63, 3.8) is 0 Å². The van der Waals surface area contributed by atoms with E-state index < -0.39 is 0 Å². The summed E-state index contributed by atoms with van der Waals surface area (Å²) < 4.78 is 10.9. The van der Waals surface area contributed by atoms with Gasteiger partial charge in [-0.2, -0.15) is 0 Å². The SMILES string of the molecule is CC(N)c1nnc(SCCOc2ccccc2)o1. The van der Waals surface area contributed by atoms with Gasteiger partial charge in [-0.15, -0.1) is 10.2 Å². The lowest BCUT2D eigenvalue weighted by Gasteiger charge is -2.03. The van der Waals surface area contributed by atoms with Gasteiger partial charge < -0.3 is 14.9 Å². The van der Waals surface area contributed by atoms with E-state index in [-0.39, 0.29) is 6.04 Å². The molecule has 2 rings (SSSR count). The second-order valence-corrected chi connectivity index (χ2v) is 4.75. The Bertz CT molecular complexity index is 473. The molecule has 0 spiro atoms. The van der Waals surface area contributed by atoms with E-state index in [4.69, 9.17) is 14.9 Å². The summed E-state index contributed by atoms with van der Waals surface area (Å²) in [5.74, 6) is 2.07. The maximum atomic E-state index is 5.63. The highest BCUT2D eigenvalue weighted by Crippen LogP contribution is 2.18. The van der Waals surface area contributed by atoms with Crippen LogP contribution in [0.1, 0.15) is 18.9 Å². The van der Waals surface area contributed by atoms with Gasteiger partial charge in [0.25, 0.3) is 5.22 Å². The molecule has 0 aliphatic heterocycles. The van der Waals surface area contributed by atoms with Gasteiger partial charge in [0, 0.05) is 5.75 Å². The first kappa shape index (κ1) is 12.9. The maximum Gasteiger partial charge on any atom is 0.276 e. The molecule has 1 aromatic heterocycles. The zero-order valence-corrected chi connectivity index (χ0v) is 10.9. The van der Waals surface area contributed by atoms with Gasteiger partial charge in [0.2, 0.25) is 5.89 Å². The highest BCUT2D eigenvalue weighted by atomic mass is 32.2. The standard InChI is InChI=1S/C12H15N3O2S/c1-9(13)11-14-15-12(17-11)18-8-7-16-10-5-3-2-4-6-10/h2-6,9H,7-8,13H2,1H3. The van der Waals surface area contributed by atoms with Crippen LogP contribution in [-0.4, -0.2) is 22.6 Å². The molecule has 0 fully saturated rings. The number of nitrogens with two attached hydrogens (primary N) is 1. The van der Waals surface area contributed by atoms with E-state index in [1.54, 1.807) is 6.92 Å². The second-order valence-electron chi connectivity index (χ2n) is 3.70. The van der Waals surface area contributed by atoms with Crippen LogP contribution in [0.3, 0.4) is 0 Å². The average Bonchev–Trinajstić information content (AvgIpc) is 2.85. The van der Waals surface area contributed by atoms with Crippen molar-refractivity contribution in [2.45, 2.75) is 18.2 Å². The van der Waals surface area contributed by atoms with E-state index in [1.807, 2.05) is 30.3 Å². The highest BCUT2D eigenvalue weighted by Gasteiger charge is 2.09. The summed E-state index contributed by atoms with van der Waals surface area (Å²) in [6, 6.07) is 9.45. The molecule has 2 N–H and O–H groups in total. The molecule has 0 radical (unpaired) electrons. The Morgan fingerprint density at radius 2 is 2.11 bits per heavy atom. The van der Waals surface area contributed by atoms with Crippen molar-refractivity contribution < 1.29 is 9.15 Å². The molecule has 6 heteroatoms. The van der Waals surface area contributed by atoms with Crippen molar-refractivity contribution in [3.8, 4) is 5.75 Å². The van der Waals surface area contributed by atoms with Gasteiger partial charge in [0.1, 0.15) is 5.75 Å². The largest absolute Gasteiger partial charge is 0.493 e. The van der Waals surface area contributed by atoms with Crippen molar-refractivity contribution in [3.05, 3.63) is 36.2 Å². The van der Waals surface area contributed by atoms with Crippen LogP contribution in [0.15, 0.2) is 40.0 Å². The van der Waals surface area contributed by atoms with Crippen molar-refractivity contribution in [1.29, 1.82) is 0 Å². The number of nitrogens with zero attached hydrogens (tertiary/aromatic N) is 2. The summed E-state index contributed by atoms with van der Waals surface area (Å²) >= 11 is 1.46. The Morgan fingerprint density at radius 1 is 1.33 bits per heavy atom. The Balaban J connectivity index is 1.72. The van der Waals surface area contributed by atoms with Crippen molar-refractivity contribution in [2.75, 3.05) is 12.4 Å². The highest BCUT2D eigenvalue weighted by molar-refractivity contribution is 7.99. The molecule has 1 unspecified atom stereocenters. The van der Waals surface area contributed by atoms with Gasteiger partial charge in [0.15, 0.2) is 0 Å². The smallest absolute Gasteiger partial charge is 0.276 e. The molecule has 1 atom stereocenters. The zero-order chi connectivity index (χ0) is 12.8. The lowest BCUT2D eigenvalue weighted by atomic mass is 10.3. The van der Waals surface area contributed by atoms with Gasteiger partial charge in [-0.1, -0.05) is 30.0 Å². The minimum Gasteiger partial charge on any atom is -0.493 e. The van der Waals surface area contributed by atoms with E-state index in [0.29, 0.717) is 17.7 Å². The van der Waals surface area contributed by atoms with Crippen LogP contribution in [0.5, 0.6) is 5.75 Å². The van der Waals surface area contributed by atoms with Gasteiger partial charge >= 0.3 is 0 Å². The van der Waals surface area contributed by atoms with Crippen LogP contribution in [0.2, 0.25) is 0 Å². The number of rotatable bonds is 6. The number of hydrogen-bond acceptors (Lipinski definition) is 6. The van der Waals surface area contributed by atoms with E-state index in [9.17, 15) is 0 Å². The van der Waals surface area contributed by atoms with E-state index in [2.05, 4.69) is 10.2 Å². The third kappa shape index (κ3) is 3.75. The summed E-state index contributed by atoms with van der Waals surface area (Å²) in [6.45, 7) is 2.39. The molecular formula is C12H15N3O2S. The Kier molecular flexibility index (Phi) is 4.60. The second kappa shape index (κ2) is 6.42. The monoisotopic (exact) mass is 265 g/mol. The van der Waals surface area contributed by atoms with Gasteiger partial charge in [-0.05, 0) is 19.1 Å². The number of para-hydroxylation sites is 1. The molecule has 0 saturated carbocycles. The summed E-state index contributed by atoms with van der Waals surface area (Å²) in [5, 5.41) is 8.27. The number of thioether (sulfide) groups is 1. The van der Waals surface area contributed by atoms with Crippen molar-refractivity contribution in [1.82, 2.24) is 10.2 Å². The van der Waals surface area contributed by atoms with E-state index in [1.165, 1.54) is 11.8 Å². The molecule has 0 aliphatic carbocycles. The quantitative estimate of drug-likeness (QED) is 0.638. The van der Waals surface area contributed by atoms with Crippen LogP contribution in [-0.2, 0) is 0 Å². The van der Waals surface area contributed by atoms with Crippen LogP contribution in [0.4, 0.5) is 0 Å². The molecule has 0 amide bonds. The van der Waals surface area contributed by atoms with Crippen LogP contribution >= 0.6 is 11.8 Å². The lowest BCUT2D eigenvalue weighted by molar-refractivity contribution is 0.342. The fraction of sp³-hybridized carbons (Fsp3) is 0.333. The Morgan fingerprint density at radius 3 is 2.78 bits per heavy atom. The van der Waals surface area contributed by atoms with Crippen molar-refractivity contribution >= 4 is 11.8 Å². The van der Waals surface area contributed by atoms with Gasteiger partial charge in [-0.3, -0.25) is 0 Å². The molecular weight excluding hydrogens is 250 g/mol. The number of benzene rings is 1. The number of aromatic nitrogens is 2. The summed E-state index contributed by atoms with van der Waals surface area (Å²) in [4.78, 5) is 0. The fourth-order valence-corrected chi connectivity index (χ4v) is 1.85. The Labute approximate surface area is 110 Å². The van der Waals surface area contributed by atoms with Gasteiger partial charge in [-0.25, -0.2) is 0 Å². The van der Waals surface area contributed by atoms with Crippen molar-refractivity contribution in [2.24, 2.45) is 5.73 Å². The minimum atomic E-state index is -0.229. The Hall–Kier alpha value is -1.53. The predicted molar refractivity (Wildman–Crippen MR) is 69.6 cm³/mol. The molecule has 2 aromatic rings. The third-order valence-corrected chi connectivity index (χ3v) is 2.92. The first-order valence-electron chi connectivity index (χ1n) is 5.65. The van der Waals surface area contributed by atoms with Crippen LogP contribution < -0.4 is 10.5 Å². The minimum absolute atomic E-state index is 0.229. The molecule has 5 nitrogen and oxygen atoms in total. The summed E-state index contributed by atoms with van der Waals surface area (Å²) in [5.41, 5.74) is 5.63. The maximum absolute atomic E-state index is 5.63. The molecule has 1 heterocycles. The molecule has 0 bridgehead atoms. The normalized spacial score (nSPS) is 12.3. The zero-order valence-electron chi connectivity index (χ0n) is 10.1. The molecule has 1 aromatic carbocycles. The topological polar surface area (TPSA) is 74.2 Å². The molecule has 18 heavy (non-hydrogen) atoms. The fourth-order valence-electron chi connectivity index (χ4n) is 1.27. The third-order valence-electron chi connectivity index (χ3n) is 2.13. The first-order chi connectivity index (χ1) is 8.75. The van der Waals surface area contributed by atoms with Crippen LogP contribution in [0.25, 0.3) is 0 Å². The lowest BCUT2D eigenvalue weighted by Crippen LogP contribution is -2.04. The van der Waals surface area contributed by atoms with Crippen LogP contribution in [0, 0.1) is 0 Å². The predicted octanol–water partition coefficient (Wildman–Crippen LogP) is 2.26. The average molecular weight is 265 g/mol. The number of hydrogen-bond donors (Lipinski definition) is 1. The molecule has 0 aliphatic rings. The summed E-state index contributed by atoms with van der Waals surface area (Å²) in [6.07, 6.45) is 0. The first-order valence-corrected chi connectivity index (χ1v) is 6.64. The van der Waals surface area contributed by atoms with E-state index >= 15 is 0 Å². The molecule has 0 saturated heterocycles. The van der Waals surface area contributed by atoms with E-state index in [0.717, 1.165) is 11.5 Å². The molecule has 96 valence electrons. The number of ether oxygens (including phenoxy) is 1. The van der Waals surface area contributed by atoms with Gasteiger partial charge in [0.05, 0.1) is 12.6 Å².